The third kappa shape index (κ3) is 4.04. The first-order valence-electron chi connectivity index (χ1n) is 6.67. The molecule has 0 aromatic heterocycles. The topological polar surface area (TPSA) is 79.2 Å². The second-order valence-corrected chi connectivity index (χ2v) is 6.90. The summed E-state index contributed by atoms with van der Waals surface area (Å²) in [6.07, 6.45) is 2.15. The molecule has 0 spiro atoms. The zero-order valence-electron chi connectivity index (χ0n) is 11.2. The van der Waals surface area contributed by atoms with Crippen molar-refractivity contribution in [3.8, 4) is 6.07 Å². The van der Waals surface area contributed by atoms with Gasteiger partial charge in [-0.1, -0.05) is 0 Å². The van der Waals surface area contributed by atoms with Gasteiger partial charge in [-0.15, -0.1) is 0 Å². The van der Waals surface area contributed by atoms with Crippen LogP contribution in [0.15, 0.2) is 29.2 Å². The standard InChI is InChI=1S/C14H18N2O3S/c15-10-12-3-5-14(6-4-12)20(17,18)9-8-19-13-2-1-7-16-11-13/h3-6,13,16H,1-2,7-9,11H2/t13-/m0/s1. The number of piperidine rings is 1. The fourth-order valence-corrected chi connectivity index (χ4v) is 3.24. The number of nitrogens with one attached hydrogen (secondary N) is 1. The third-order valence-corrected chi connectivity index (χ3v) is 4.99. The Hall–Kier alpha value is -1.42. The van der Waals surface area contributed by atoms with Crippen LogP contribution in [0.3, 0.4) is 0 Å². The highest BCUT2D eigenvalue weighted by molar-refractivity contribution is 7.91. The number of nitriles is 1. The molecule has 0 bridgehead atoms. The number of hydrogen-bond acceptors (Lipinski definition) is 5. The van der Waals surface area contributed by atoms with E-state index in [1.807, 2.05) is 6.07 Å². The minimum atomic E-state index is -3.34. The van der Waals surface area contributed by atoms with Gasteiger partial charge in [-0.2, -0.15) is 5.26 Å². The molecule has 2 rings (SSSR count). The van der Waals surface area contributed by atoms with Crippen LogP contribution in [0.4, 0.5) is 0 Å². The van der Waals surface area contributed by atoms with Crippen LogP contribution in [0.1, 0.15) is 18.4 Å². The van der Waals surface area contributed by atoms with Gasteiger partial charge in [0.2, 0.25) is 0 Å². The molecule has 6 heteroatoms. The van der Waals surface area contributed by atoms with E-state index in [2.05, 4.69) is 5.32 Å². The Labute approximate surface area is 119 Å². The van der Waals surface area contributed by atoms with Crippen LogP contribution in [-0.4, -0.2) is 40.0 Å². The number of sulfone groups is 1. The molecule has 1 saturated heterocycles. The van der Waals surface area contributed by atoms with E-state index in [4.69, 9.17) is 10.00 Å². The predicted molar refractivity (Wildman–Crippen MR) is 75.1 cm³/mol. The molecular formula is C14H18N2O3S. The van der Waals surface area contributed by atoms with Gasteiger partial charge >= 0.3 is 0 Å². The first-order chi connectivity index (χ1) is 9.62. The lowest BCUT2D eigenvalue weighted by Crippen LogP contribution is -2.36. The zero-order chi connectivity index (χ0) is 14.4. The molecule has 108 valence electrons. The molecule has 0 radical (unpaired) electrons. The minimum absolute atomic E-state index is 0.0323. The zero-order valence-corrected chi connectivity index (χ0v) is 12.0. The van der Waals surface area contributed by atoms with Crippen molar-refractivity contribution in [2.24, 2.45) is 0 Å². The number of benzene rings is 1. The summed E-state index contributed by atoms with van der Waals surface area (Å²) >= 11 is 0. The summed E-state index contributed by atoms with van der Waals surface area (Å²) < 4.78 is 29.8. The van der Waals surface area contributed by atoms with Crippen molar-refractivity contribution in [1.29, 1.82) is 5.26 Å². The van der Waals surface area contributed by atoms with Gasteiger partial charge in [-0.05, 0) is 43.7 Å². The maximum absolute atomic E-state index is 12.1. The Morgan fingerprint density at radius 2 is 2.10 bits per heavy atom. The van der Waals surface area contributed by atoms with Gasteiger partial charge in [0.05, 0.1) is 35.0 Å². The molecular weight excluding hydrogens is 276 g/mol. The fraction of sp³-hybridized carbons (Fsp3) is 0.500. The maximum Gasteiger partial charge on any atom is 0.180 e. The van der Waals surface area contributed by atoms with Crippen LogP contribution in [0.5, 0.6) is 0 Å². The van der Waals surface area contributed by atoms with E-state index in [1.54, 1.807) is 0 Å². The highest BCUT2D eigenvalue weighted by Gasteiger charge is 2.17. The van der Waals surface area contributed by atoms with Crippen LogP contribution < -0.4 is 5.32 Å². The maximum atomic E-state index is 12.1. The van der Waals surface area contributed by atoms with Crippen molar-refractivity contribution in [2.75, 3.05) is 25.4 Å². The Morgan fingerprint density at radius 1 is 1.35 bits per heavy atom. The lowest BCUT2D eigenvalue weighted by molar-refractivity contribution is 0.0468. The van der Waals surface area contributed by atoms with Crippen molar-refractivity contribution >= 4 is 9.84 Å². The molecule has 1 aliphatic rings. The van der Waals surface area contributed by atoms with Crippen molar-refractivity contribution < 1.29 is 13.2 Å². The van der Waals surface area contributed by atoms with Crippen LogP contribution in [0.25, 0.3) is 0 Å². The van der Waals surface area contributed by atoms with Crippen molar-refractivity contribution in [3.63, 3.8) is 0 Å². The van der Waals surface area contributed by atoms with E-state index >= 15 is 0 Å². The highest BCUT2D eigenvalue weighted by Crippen LogP contribution is 2.13. The average molecular weight is 294 g/mol. The van der Waals surface area contributed by atoms with E-state index in [0.29, 0.717) is 5.56 Å². The van der Waals surface area contributed by atoms with E-state index in [0.717, 1.165) is 25.9 Å². The summed E-state index contributed by atoms with van der Waals surface area (Å²) in [5.74, 6) is -0.0323. The van der Waals surface area contributed by atoms with Gasteiger partial charge in [-0.25, -0.2) is 8.42 Å². The predicted octanol–water partition coefficient (Wildman–Crippen LogP) is 1.10. The van der Waals surface area contributed by atoms with Gasteiger partial charge in [-0.3, -0.25) is 0 Å². The third-order valence-electron chi connectivity index (χ3n) is 3.30. The quantitative estimate of drug-likeness (QED) is 0.879. The molecule has 0 amide bonds. The van der Waals surface area contributed by atoms with Gasteiger partial charge in [0.1, 0.15) is 0 Å². The minimum Gasteiger partial charge on any atom is -0.376 e. The molecule has 5 nitrogen and oxygen atoms in total. The monoisotopic (exact) mass is 294 g/mol. The van der Waals surface area contributed by atoms with E-state index < -0.39 is 9.84 Å². The SMILES string of the molecule is N#Cc1ccc(S(=O)(=O)CCO[C@H]2CCCNC2)cc1. The molecule has 1 aliphatic heterocycles. The van der Waals surface area contributed by atoms with E-state index in [-0.39, 0.29) is 23.4 Å². The summed E-state index contributed by atoms with van der Waals surface area (Å²) in [5, 5.41) is 11.9. The van der Waals surface area contributed by atoms with Crippen LogP contribution in [0, 0.1) is 11.3 Å². The smallest absolute Gasteiger partial charge is 0.180 e. The van der Waals surface area contributed by atoms with Gasteiger partial charge in [0.25, 0.3) is 0 Å². The molecule has 0 saturated carbocycles. The molecule has 0 unspecified atom stereocenters. The van der Waals surface area contributed by atoms with Gasteiger partial charge in [0.15, 0.2) is 9.84 Å². The van der Waals surface area contributed by atoms with Gasteiger partial charge in [0, 0.05) is 6.54 Å². The molecule has 0 aliphatic carbocycles. The summed E-state index contributed by atoms with van der Waals surface area (Å²) in [6.45, 7) is 2.00. The lowest BCUT2D eigenvalue weighted by atomic mass is 10.1. The largest absolute Gasteiger partial charge is 0.376 e. The number of nitrogens with zero attached hydrogens (tertiary/aromatic N) is 1. The first-order valence-corrected chi connectivity index (χ1v) is 8.32. The van der Waals surface area contributed by atoms with Crippen molar-refractivity contribution in [2.45, 2.75) is 23.8 Å². The van der Waals surface area contributed by atoms with Crippen molar-refractivity contribution in [3.05, 3.63) is 29.8 Å². The number of hydrogen-bond donors (Lipinski definition) is 1. The molecule has 1 heterocycles. The second kappa shape index (κ2) is 6.84. The van der Waals surface area contributed by atoms with Gasteiger partial charge < -0.3 is 10.1 Å². The normalized spacial score (nSPS) is 19.4. The Morgan fingerprint density at radius 3 is 2.70 bits per heavy atom. The van der Waals surface area contributed by atoms with Crippen LogP contribution >= 0.6 is 0 Å². The Kier molecular flexibility index (Phi) is 5.12. The highest BCUT2D eigenvalue weighted by atomic mass is 32.2. The lowest BCUT2D eigenvalue weighted by Gasteiger charge is -2.22. The number of ether oxygens (including phenoxy) is 1. The van der Waals surface area contributed by atoms with Crippen LogP contribution in [-0.2, 0) is 14.6 Å². The van der Waals surface area contributed by atoms with Crippen LogP contribution in [0.2, 0.25) is 0 Å². The number of rotatable bonds is 5. The molecule has 1 aromatic carbocycles. The molecule has 1 N–H and O–H groups in total. The molecule has 1 atom stereocenters. The first kappa shape index (κ1) is 15.0. The molecule has 1 fully saturated rings. The summed E-state index contributed by atoms with van der Waals surface area (Å²) in [6, 6.07) is 7.93. The Bertz CT molecular complexity index is 569. The molecule has 1 aromatic rings. The Balaban J connectivity index is 1.88. The second-order valence-electron chi connectivity index (χ2n) is 4.79. The van der Waals surface area contributed by atoms with E-state index in [9.17, 15) is 8.42 Å². The summed E-state index contributed by atoms with van der Waals surface area (Å²) in [4.78, 5) is 0.238. The molecule has 20 heavy (non-hydrogen) atoms. The summed E-state index contributed by atoms with van der Waals surface area (Å²) in [5.41, 5.74) is 0.452. The average Bonchev–Trinajstić information content (AvgIpc) is 2.48. The fourth-order valence-electron chi connectivity index (χ4n) is 2.14. The van der Waals surface area contributed by atoms with Crippen molar-refractivity contribution in [1.82, 2.24) is 5.32 Å². The summed E-state index contributed by atoms with van der Waals surface area (Å²) in [7, 11) is -3.34. The van der Waals surface area contributed by atoms with E-state index in [1.165, 1.54) is 24.3 Å².